The van der Waals surface area contributed by atoms with Crippen molar-refractivity contribution in [2.75, 3.05) is 19.6 Å². The lowest BCUT2D eigenvalue weighted by molar-refractivity contribution is 0.0419. The van der Waals surface area contributed by atoms with Crippen molar-refractivity contribution in [1.82, 2.24) is 20.2 Å². The van der Waals surface area contributed by atoms with Crippen molar-refractivity contribution in [2.45, 2.75) is 51.1 Å². The van der Waals surface area contributed by atoms with E-state index >= 15 is 0 Å². The second-order valence-electron chi connectivity index (χ2n) is 10.5. The average Bonchev–Trinajstić information content (AvgIpc) is 3.43. The Morgan fingerprint density at radius 2 is 1.55 bits per heavy atom. The molecule has 0 bridgehead atoms. The van der Waals surface area contributed by atoms with E-state index in [0.29, 0.717) is 12.1 Å². The highest BCUT2D eigenvalue weighted by molar-refractivity contribution is 5.86. The molecule has 4 aromatic rings. The number of piperidine rings is 1. The van der Waals surface area contributed by atoms with Gasteiger partial charge in [0, 0.05) is 52.3 Å². The summed E-state index contributed by atoms with van der Waals surface area (Å²) in [4.78, 5) is 10.4. The number of nitrogens with zero attached hydrogens (tertiary/aromatic N) is 1. The number of fused-ring (bicyclic) bond motifs is 8. The zero-order valence-electron chi connectivity index (χ0n) is 19.5. The molecule has 4 heteroatoms. The molecule has 4 nitrogen and oxygen atoms in total. The minimum Gasteiger partial charge on any atom is -0.357 e. The number of benzene rings is 2. The molecule has 0 radical (unpaired) electrons. The van der Waals surface area contributed by atoms with E-state index < -0.39 is 0 Å². The third kappa shape index (κ3) is 3.11. The summed E-state index contributed by atoms with van der Waals surface area (Å²) in [6, 6.07) is 18.7. The Bertz CT molecular complexity index is 1310. The number of aromatic amines is 2. The van der Waals surface area contributed by atoms with Crippen LogP contribution in [0.3, 0.4) is 0 Å². The van der Waals surface area contributed by atoms with Gasteiger partial charge in [0.2, 0.25) is 0 Å². The standard InChI is InChI=1S/C29H34N4/c1-2-18-17-33-14-12-23-21-8-4-6-10-25(21)32-29(23)27(33)16-19(18)15-26-28-22(11-13-30-26)20-7-3-5-9-24(20)31-28/h3-10,18-19,26-27,30-32H,2,11-17H2,1H3/t18-,19-,26-,27+/m0/s1. The minimum absolute atomic E-state index is 0.442. The van der Waals surface area contributed by atoms with Gasteiger partial charge in [-0.15, -0.1) is 0 Å². The van der Waals surface area contributed by atoms with Crippen molar-refractivity contribution < 1.29 is 0 Å². The van der Waals surface area contributed by atoms with Crippen LogP contribution in [0.4, 0.5) is 0 Å². The molecular weight excluding hydrogens is 404 g/mol. The summed E-state index contributed by atoms with van der Waals surface area (Å²) in [7, 11) is 0. The minimum atomic E-state index is 0.442. The quantitative estimate of drug-likeness (QED) is 0.374. The van der Waals surface area contributed by atoms with Crippen molar-refractivity contribution in [3.05, 3.63) is 71.0 Å². The van der Waals surface area contributed by atoms with Crippen LogP contribution >= 0.6 is 0 Å². The van der Waals surface area contributed by atoms with Crippen LogP contribution in [0.1, 0.15) is 60.8 Å². The van der Waals surface area contributed by atoms with E-state index in [4.69, 9.17) is 0 Å². The van der Waals surface area contributed by atoms with Gasteiger partial charge in [-0.25, -0.2) is 0 Å². The summed E-state index contributed by atoms with van der Waals surface area (Å²) in [6.45, 7) is 5.94. The molecule has 0 aliphatic carbocycles. The fourth-order valence-corrected chi connectivity index (χ4v) is 7.30. The molecule has 4 atom stereocenters. The second kappa shape index (κ2) is 7.75. The van der Waals surface area contributed by atoms with Crippen molar-refractivity contribution in [1.29, 1.82) is 0 Å². The largest absolute Gasteiger partial charge is 0.357 e. The lowest BCUT2D eigenvalue weighted by Crippen LogP contribution is -2.46. The Balaban J connectivity index is 1.21. The summed E-state index contributed by atoms with van der Waals surface area (Å²) in [5.74, 6) is 1.52. The molecule has 3 N–H and O–H groups in total. The molecule has 2 aromatic heterocycles. The van der Waals surface area contributed by atoms with E-state index in [2.05, 4.69) is 75.6 Å². The van der Waals surface area contributed by atoms with Crippen molar-refractivity contribution >= 4 is 21.8 Å². The summed E-state index contributed by atoms with van der Waals surface area (Å²) in [5, 5.41) is 6.76. The highest BCUT2D eigenvalue weighted by atomic mass is 15.2. The summed E-state index contributed by atoms with van der Waals surface area (Å²) >= 11 is 0. The molecular formula is C29H34N4. The summed E-state index contributed by atoms with van der Waals surface area (Å²) < 4.78 is 0. The molecule has 170 valence electrons. The summed E-state index contributed by atoms with van der Waals surface area (Å²) in [5.41, 5.74) is 8.70. The maximum atomic E-state index is 3.89. The molecule has 0 amide bonds. The van der Waals surface area contributed by atoms with Gasteiger partial charge >= 0.3 is 0 Å². The monoisotopic (exact) mass is 438 g/mol. The van der Waals surface area contributed by atoms with Crippen molar-refractivity contribution in [3.63, 3.8) is 0 Å². The second-order valence-corrected chi connectivity index (χ2v) is 10.5. The van der Waals surface area contributed by atoms with Gasteiger partial charge in [0.1, 0.15) is 0 Å². The molecule has 3 aliphatic rings. The molecule has 2 aromatic carbocycles. The SMILES string of the molecule is CC[C@H]1CN2CCc3c([nH]c4ccccc34)[C@H]2C[C@@H]1C[C@@H]1NCCc2c1[nH]c1ccccc21. The fraction of sp³-hybridized carbons (Fsp3) is 0.448. The molecule has 33 heavy (non-hydrogen) atoms. The predicted molar refractivity (Wildman–Crippen MR) is 136 cm³/mol. The van der Waals surface area contributed by atoms with Gasteiger partial charge in [-0.1, -0.05) is 49.7 Å². The number of rotatable bonds is 3. The third-order valence-corrected chi connectivity index (χ3v) is 8.96. The predicted octanol–water partition coefficient (Wildman–Crippen LogP) is 5.87. The Morgan fingerprint density at radius 3 is 2.30 bits per heavy atom. The maximum absolute atomic E-state index is 3.89. The van der Waals surface area contributed by atoms with Gasteiger partial charge in [0.05, 0.1) is 6.04 Å². The molecule has 3 aliphatic heterocycles. The maximum Gasteiger partial charge on any atom is 0.0504 e. The molecule has 7 rings (SSSR count). The lowest BCUT2D eigenvalue weighted by Gasteiger charge is -2.47. The van der Waals surface area contributed by atoms with E-state index in [1.165, 1.54) is 72.0 Å². The Hall–Kier alpha value is -2.56. The van der Waals surface area contributed by atoms with E-state index in [0.717, 1.165) is 24.8 Å². The molecule has 0 spiro atoms. The molecule has 5 heterocycles. The molecule has 1 fully saturated rings. The first-order valence-electron chi connectivity index (χ1n) is 13.0. The first-order chi connectivity index (χ1) is 16.3. The van der Waals surface area contributed by atoms with Gasteiger partial charge in [0.25, 0.3) is 0 Å². The number of para-hydroxylation sites is 2. The lowest BCUT2D eigenvalue weighted by atomic mass is 9.74. The number of nitrogens with one attached hydrogen (secondary N) is 3. The summed E-state index contributed by atoms with van der Waals surface area (Å²) in [6.07, 6.45) is 6.09. The zero-order valence-corrected chi connectivity index (χ0v) is 19.5. The normalized spacial score (nSPS) is 27.4. The fourth-order valence-electron chi connectivity index (χ4n) is 7.30. The number of aromatic nitrogens is 2. The Labute approximate surface area is 195 Å². The van der Waals surface area contributed by atoms with Crippen LogP contribution in [-0.2, 0) is 12.8 Å². The Morgan fingerprint density at radius 1 is 0.848 bits per heavy atom. The third-order valence-electron chi connectivity index (χ3n) is 8.96. The van der Waals surface area contributed by atoms with Gasteiger partial charge in [-0.05, 0) is 67.3 Å². The van der Waals surface area contributed by atoms with Crippen LogP contribution < -0.4 is 5.32 Å². The molecule has 1 saturated heterocycles. The van der Waals surface area contributed by atoms with Crippen LogP contribution in [0.2, 0.25) is 0 Å². The van der Waals surface area contributed by atoms with Crippen LogP contribution in [0, 0.1) is 11.8 Å². The molecule has 0 saturated carbocycles. The number of hydrogen-bond acceptors (Lipinski definition) is 2. The van der Waals surface area contributed by atoms with E-state index in [1.54, 1.807) is 11.1 Å². The average molecular weight is 439 g/mol. The number of hydrogen-bond donors (Lipinski definition) is 3. The van der Waals surface area contributed by atoms with Crippen LogP contribution in [0.15, 0.2) is 48.5 Å². The van der Waals surface area contributed by atoms with Crippen LogP contribution in [-0.4, -0.2) is 34.5 Å². The highest BCUT2D eigenvalue weighted by Gasteiger charge is 2.41. The number of H-pyrrole nitrogens is 2. The van der Waals surface area contributed by atoms with E-state index in [1.807, 2.05) is 0 Å². The van der Waals surface area contributed by atoms with E-state index in [9.17, 15) is 0 Å². The first-order valence-corrected chi connectivity index (χ1v) is 13.0. The van der Waals surface area contributed by atoms with Crippen molar-refractivity contribution in [3.8, 4) is 0 Å². The van der Waals surface area contributed by atoms with Gasteiger partial charge < -0.3 is 15.3 Å². The van der Waals surface area contributed by atoms with E-state index in [-0.39, 0.29) is 0 Å². The van der Waals surface area contributed by atoms with Crippen LogP contribution in [0.5, 0.6) is 0 Å². The van der Waals surface area contributed by atoms with Crippen molar-refractivity contribution in [2.24, 2.45) is 11.8 Å². The van der Waals surface area contributed by atoms with Crippen LogP contribution in [0.25, 0.3) is 21.8 Å². The van der Waals surface area contributed by atoms with Gasteiger partial charge in [-0.2, -0.15) is 0 Å². The van der Waals surface area contributed by atoms with Gasteiger partial charge in [-0.3, -0.25) is 4.90 Å². The smallest absolute Gasteiger partial charge is 0.0504 e. The molecule has 0 unspecified atom stereocenters. The first kappa shape index (κ1) is 19.9. The highest BCUT2D eigenvalue weighted by Crippen LogP contribution is 2.46. The Kier molecular flexibility index (Phi) is 4.66. The van der Waals surface area contributed by atoms with Gasteiger partial charge in [0.15, 0.2) is 0 Å². The zero-order chi connectivity index (χ0) is 21.9. The topological polar surface area (TPSA) is 46.9 Å².